The van der Waals surface area contributed by atoms with Gasteiger partial charge in [0.15, 0.2) is 5.76 Å². The SMILES string of the molecule is CCc1cc([C@H](Nc2cc(C)ccn2)c2cccs2)c(NC(=O)c2ccco2)s1. The number of pyridine rings is 1. The van der Waals surface area contributed by atoms with Crippen LogP contribution in [0.5, 0.6) is 0 Å². The van der Waals surface area contributed by atoms with Gasteiger partial charge in [-0.2, -0.15) is 0 Å². The molecule has 0 saturated carbocycles. The summed E-state index contributed by atoms with van der Waals surface area (Å²) in [6.07, 6.45) is 4.20. The third-order valence-electron chi connectivity index (χ3n) is 4.48. The highest BCUT2D eigenvalue weighted by Crippen LogP contribution is 2.39. The Kier molecular flexibility index (Phi) is 5.78. The minimum atomic E-state index is -0.251. The average molecular weight is 424 g/mol. The van der Waals surface area contributed by atoms with Crippen LogP contribution in [-0.2, 0) is 6.42 Å². The van der Waals surface area contributed by atoms with Crippen molar-refractivity contribution in [2.45, 2.75) is 26.3 Å². The van der Waals surface area contributed by atoms with Gasteiger partial charge in [0.05, 0.1) is 12.3 Å². The van der Waals surface area contributed by atoms with Crippen LogP contribution in [0.25, 0.3) is 0 Å². The Hall–Kier alpha value is -2.90. The second-order valence-corrected chi connectivity index (χ2v) is 8.71. The summed E-state index contributed by atoms with van der Waals surface area (Å²) < 4.78 is 5.25. The fourth-order valence-electron chi connectivity index (χ4n) is 3.04. The lowest BCUT2D eigenvalue weighted by molar-refractivity contribution is 0.0997. The van der Waals surface area contributed by atoms with Gasteiger partial charge in [-0.1, -0.05) is 13.0 Å². The van der Waals surface area contributed by atoms with E-state index in [1.807, 2.05) is 25.1 Å². The molecule has 0 spiro atoms. The molecule has 0 radical (unpaired) electrons. The molecule has 5 nitrogen and oxygen atoms in total. The molecule has 0 saturated heterocycles. The normalized spacial score (nSPS) is 11.9. The van der Waals surface area contributed by atoms with Crippen LogP contribution in [0, 0.1) is 6.92 Å². The summed E-state index contributed by atoms with van der Waals surface area (Å²) in [7, 11) is 0. The van der Waals surface area contributed by atoms with Crippen molar-refractivity contribution < 1.29 is 9.21 Å². The van der Waals surface area contributed by atoms with E-state index in [2.05, 4.69) is 40.1 Å². The highest BCUT2D eigenvalue weighted by atomic mass is 32.1. The van der Waals surface area contributed by atoms with Crippen molar-refractivity contribution in [3.8, 4) is 0 Å². The molecule has 4 rings (SSSR count). The molecule has 0 aliphatic carbocycles. The van der Waals surface area contributed by atoms with Crippen LogP contribution in [0.4, 0.5) is 10.8 Å². The Morgan fingerprint density at radius 1 is 1.24 bits per heavy atom. The number of rotatable bonds is 7. The van der Waals surface area contributed by atoms with Gasteiger partial charge >= 0.3 is 0 Å². The van der Waals surface area contributed by atoms with Crippen molar-refractivity contribution in [2.75, 3.05) is 10.6 Å². The summed E-state index contributed by atoms with van der Waals surface area (Å²) >= 11 is 3.27. The maximum absolute atomic E-state index is 12.6. The largest absolute Gasteiger partial charge is 0.459 e. The summed E-state index contributed by atoms with van der Waals surface area (Å²) in [5.74, 6) is 0.846. The van der Waals surface area contributed by atoms with Crippen molar-refractivity contribution in [1.29, 1.82) is 0 Å². The van der Waals surface area contributed by atoms with Crippen molar-refractivity contribution >= 4 is 39.4 Å². The Morgan fingerprint density at radius 2 is 2.14 bits per heavy atom. The molecule has 2 N–H and O–H groups in total. The number of nitrogens with zero attached hydrogens (tertiary/aromatic N) is 1. The molecule has 0 fully saturated rings. The summed E-state index contributed by atoms with van der Waals surface area (Å²) in [6, 6.07) is 13.5. The quantitative estimate of drug-likeness (QED) is 0.376. The monoisotopic (exact) mass is 423 g/mol. The van der Waals surface area contributed by atoms with E-state index in [0.29, 0.717) is 5.76 Å². The van der Waals surface area contributed by atoms with Crippen LogP contribution >= 0.6 is 22.7 Å². The second kappa shape index (κ2) is 8.63. The van der Waals surface area contributed by atoms with Crippen LogP contribution in [0.3, 0.4) is 0 Å². The van der Waals surface area contributed by atoms with E-state index < -0.39 is 0 Å². The molecule has 4 aromatic rings. The van der Waals surface area contributed by atoms with Crippen LogP contribution in [0.2, 0.25) is 0 Å². The highest BCUT2D eigenvalue weighted by molar-refractivity contribution is 7.16. The molecule has 4 heterocycles. The number of furan rings is 1. The minimum absolute atomic E-state index is 0.118. The second-order valence-electron chi connectivity index (χ2n) is 6.59. The molecule has 0 aromatic carbocycles. The lowest BCUT2D eigenvalue weighted by Gasteiger charge is -2.19. The van der Waals surface area contributed by atoms with Gasteiger partial charge in [0.2, 0.25) is 0 Å². The predicted octanol–water partition coefficient (Wildman–Crippen LogP) is 6.12. The van der Waals surface area contributed by atoms with Gasteiger partial charge in [-0.3, -0.25) is 4.79 Å². The fraction of sp³-hybridized carbons (Fsp3) is 0.182. The topological polar surface area (TPSA) is 67.2 Å². The van der Waals surface area contributed by atoms with Crippen molar-refractivity contribution in [1.82, 2.24) is 4.98 Å². The zero-order chi connectivity index (χ0) is 20.2. The Balaban J connectivity index is 1.71. The Bertz CT molecular complexity index is 1090. The maximum atomic E-state index is 12.6. The molecule has 0 bridgehead atoms. The number of hydrogen-bond donors (Lipinski definition) is 2. The fourth-order valence-corrected chi connectivity index (χ4v) is 4.86. The predicted molar refractivity (Wildman–Crippen MR) is 119 cm³/mol. The number of aromatic nitrogens is 1. The number of amides is 1. The van der Waals surface area contributed by atoms with Crippen molar-refractivity contribution in [2.24, 2.45) is 0 Å². The Morgan fingerprint density at radius 3 is 2.83 bits per heavy atom. The van der Waals surface area contributed by atoms with Gasteiger partial charge in [-0.15, -0.1) is 22.7 Å². The number of anilines is 2. The molecule has 0 aliphatic heterocycles. The average Bonchev–Trinajstić information content (AvgIpc) is 3.47. The number of thiophene rings is 2. The smallest absolute Gasteiger partial charge is 0.291 e. The van der Waals surface area contributed by atoms with Crippen molar-refractivity contribution in [3.63, 3.8) is 0 Å². The first-order chi connectivity index (χ1) is 14.1. The van der Waals surface area contributed by atoms with Gasteiger partial charge in [-0.25, -0.2) is 4.98 Å². The van der Waals surface area contributed by atoms with E-state index in [1.54, 1.807) is 41.0 Å². The lowest BCUT2D eigenvalue weighted by atomic mass is 10.1. The zero-order valence-electron chi connectivity index (χ0n) is 16.1. The lowest BCUT2D eigenvalue weighted by Crippen LogP contribution is -2.16. The third kappa shape index (κ3) is 4.41. The third-order valence-corrected chi connectivity index (χ3v) is 6.63. The number of carbonyl (C=O) groups excluding carboxylic acids is 1. The summed E-state index contributed by atoms with van der Waals surface area (Å²) in [5.41, 5.74) is 2.16. The first kappa shape index (κ1) is 19.4. The highest BCUT2D eigenvalue weighted by Gasteiger charge is 2.24. The molecule has 4 aromatic heterocycles. The van der Waals surface area contributed by atoms with Crippen LogP contribution in [0.1, 0.15) is 44.4 Å². The minimum Gasteiger partial charge on any atom is -0.459 e. The summed E-state index contributed by atoms with van der Waals surface area (Å²) in [4.78, 5) is 19.4. The number of nitrogens with one attached hydrogen (secondary N) is 2. The molecule has 29 heavy (non-hydrogen) atoms. The molecule has 0 aliphatic rings. The van der Waals surface area contributed by atoms with Gasteiger partial charge in [-0.05, 0) is 60.7 Å². The molecular formula is C22H21N3O2S2. The van der Waals surface area contributed by atoms with E-state index in [4.69, 9.17) is 4.42 Å². The number of carbonyl (C=O) groups is 1. The maximum Gasteiger partial charge on any atom is 0.291 e. The van der Waals surface area contributed by atoms with E-state index in [9.17, 15) is 4.79 Å². The van der Waals surface area contributed by atoms with Crippen LogP contribution in [-0.4, -0.2) is 10.9 Å². The molecular weight excluding hydrogens is 402 g/mol. The number of aryl methyl sites for hydroxylation is 2. The Labute approximate surface area is 177 Å². The van der Waals surface area contributed by atoms with Gasteiger partial charge in [0, 0.05) is 21.5 Å². The van der Waals surface area contributed by atoms with Gasteiger partial charge in [0.1, 0.15) is 10.8 Å². The van der Waals surface area contributed by atoms with Gasteiger partial charge < -0.3 is 15.1 Å². The summed E-state index contributed by atoms with van der Waals surface area (Å²) in [6.45, 7) is 4.16. The molecule has 1 atom stereocenters. The molecule has 7 heteroatoms. The van der Waals surface area contributed by atoms with Crippen LogP contribution < -0.4 is 10.6 Å². The van der Waals surface area contributed by atoms with E-state index in [-0.39, 0.29) is 11.9 Å². The molecule has 148 valence electrons. The van der Waals surface area contributed by atoms with Gasteiger partial charge in [0.25, 0.3) is 5.91 Å². The van der Waals surface area contributed by atoms with Crippen molar-refractivity contribution in [3.05, 3.63) is 86.9 Å². The summed E-state index contributed by atoms with van der Waals surface area (Å²) in [5, 5.41) is 9.47. The standard InChI is InChI=1S/C22H21N3O2S2/c1-3-15-13-16(22(29-15)25-21(26)17-6-4-10-27-17)20(18-7-5-11-28-18)24-19-12-14(2)8-9-23-19/h4-13,20H,3H2,1-2H3,(H,23,24)(H,25,26)/t20-/m0/s1. The van der Waals surface area contributed by atoms with E-state index in [1.165, 1.54) is 11.1 Å². The first-order valence-corrected chi connectivity index (χ1v) is 11.0. The molecule has 1 amide bonds. The first-order valence-electron chi connectivity index (χ1n) is 9.34. The van der Waals surface area contributed by atoms with E-state index in [0.717, 1.165) is 33.2 Å². The van der Waals surface area contributed by atoms with E-state index >= 15 is 0 Å². The molecule has 0 unspecified atom stereocenters. The zero-order valence-corrected chi connectivity index (χ0v) is 17.8. The number of hydrogen-bond acceptors (Lipinski definition) is 6. The van der Waals surface area contributed by atoms with Crippen LogP contribution in [0.15, 0.2) is 64.7 Å².